The van der Waals surface area contributed by atoms with E-state index in [0.29, 0.717) is 0 Å². The van der Waals surface area contributed by atoms with Crippen LogP contribution in [0.3, 0.4) is 0 Å². The molecule has 11 heavy (non-hydrogen) atoms. The number of hydrogen-bond acceptors (Lipinski definition) is 1. The quantitative estimate of drug-likeness (QED) is 0.552. The van der Waals surface area contributed by atoms with E-state index in [9.17, 15) is 0 Å². The van der Waals surface area contributed by atoms with Crippen LogP contribution in [0.25, 0.3) is 5.65 Å². The van der Waals surface area contributed by atoms with Crippen LogP contribution >= 0.6 is 0 Å². The summed E-state index contributed by atoms with van der Waals surface area (Å²) in [5, 5.41) is 0. The Bertz CT molecular complexity index is 387. The standard InChI is InChI=1S/C9H9N2/c1-7-8(2)11-6-4-3-5-9(11)10-7/h4-6H,1-2H3. The van der Waals surface area contributed by atoms with Crippen molar-refractivity contribution in [3.8, 4) is 0 Å². The predicted octanol–water partition coefficient (Wildman–Crippen LogP) is 1.75. The molecule has 0 saturated heterocycles. The zero-order chi connectivity index (χ0) is 7.84. The van der Waals surface area contributed by atoms with Gasteiger partial charge < -0.3 is 4.40 Å². The van der Waals surface area contributed by atoms with Crippen LogP contribution in [0, 0.1) is 19.9 Å². The van der Waals surface area contributed by atoms with Gasteiger partial charge in [-0.15, -0.1) is 0 Å². The highest BCUT2D eigenvalue weighted by Gasteiger charge is 2.00. The number of rotatable bonds is 0. The van der Waals surface area contributed by atoms with Crippen molar-refractivity contribution in [2.45, 2.75) is 13.8 Å². The Morgan fingerprint density at radius 1 is 1.45 bits per heavy atom. The summed E-state index contributed by atoms with van der Waals surface area (Å²) in [6.45, 7) is 4.08. The Hall–Kier alpha value is -1.31. The molecule has 0 unspecified atom stereocenters. The highest BCUT2D eigenvalue weighted by Crippen LogP contribution is 2.08. The van der Waals surface area contributed by atoms with E-state index in [4.69, 9.17) is 0 Å². The van der Waals surface area contributed by atoms with E-state index in [2.05, 4.69) is 22.4 Å². The summed E-state index contributed by atoms with van der Waals surface area (Å²) >= 11 is 0. The summed E-state index contributed by atoms with van der Waals surface area (Å²) in [7, 11) is 0. The predicted molar refractivity (Wildman–Crippen MR) is 43.5 cm³/mol. The Labute approximate surface area is 65.5 Å². The van der Waals surface area contributed by atoms with E-state index >= 15 is 0 Å². The van der Waals surface area contributed by atoms with Crippen LogP contribution in [0.4, 0.5) is 0 Å². The van der Waals surface area contributed by atoms with E-state index in [-0.39, 0.29) is 0 Å². The van der Waals surface area contributed by atoms with Gasteiger partial charge in [-0.25, -0.2) is 4.98 Å². The third-order valence-corrected chi connectivity index (χ3v) is 1.95. The van der Waals surface area contributed by atoms with Crippen LogP contribution in [-0.4, -0.2) is 9.38 Å². The molecular weight excluding hydrogens is 136 g/mol. The molecule has 0 bridgehead atoms. The number of imidazole rings is 1. The molecule has 0 aliphatic rings. The molecule has 2 heterocycles. The molecule has 0 aromatic carbocycles. The number of aromatic nitrogens is 2. The molecule has 0 atom stereocenters. The maximum absolute atomic E-state index is 4.34. The number of hydrogen-bond donors (Lipinski definition) is 0. The van der Waals surface area contributed by atoms with Gasteiger partial charge in [0, 0.05) is 11.9 Å². The van der Waals surface area contributed by atoms with Gasteiger partial charge in [0.05, 0.1) is 5.69 Å². The first-order valence-corrected chi connectivity index (χ1v) is 3.60. The topological polar surface area (TPSA) is 17.3 Å². The van der Waals surface area contributed by atoms with E-state index in [1.54, 1.807) is 0 Å². The van der Waals surface area contributed by atoms with Crippen LogP contribution in [0.15, 0.2) is 18.3 Å². The molecule has 0 amide bonds. The highest BCUT2D eigenvalue weighted by molar-refractivity contribution is 5.41. The maximum atomic E-state index is 4.34. The summed E-state index contributed by atoms with van der Waals surface area (Å²) < 4.78 is 2.06. The van der Waals surface area contributed by atoms with Crippen LogP contribution in [0.2, 0.25) is 0 Å². The van der Waals surface area contributed by atoms with E-state index in [1.807, 2.05) is 25.3 Å². The first kappa shape index (κ1) is 6.40. The van der Waals surface area contributed by atoms with Gasteiger partial charge in [-0.2, -0.15) is 0 Å². The van der Waals surface area contributed by atoms with E-state index < -0.39 is 0 Å². The lowest BCUT2D eigenvalue weighted by Gasteiger charge is -1.92. The average molecular weight is 145 g/mol. The minimum Gasteiger partial charge on any atom is -0.304 e. The third-order valence-electron chi connectivity index (χ3n) is 1.95. The normalized spacial score (nSPS) is 10.7. The molecule has 2 heteroatoms. The molecule has 0 aliphatic heterocycles. The molecular formula is C9H9N2. The van der Waals surface area contributed by atoms with Gasteiger partial charge in [0.1, 0.15) is 5.65 Å². The summed E-state index contributed by atoms with van der Waals surface area (Å²) in [6, 6.07) is 6.77. The Kier molecular flexibility index (Phi) is 1.22. The van der Waals surface area contributed by atoms with E-state index in [1.165, 1.54) is 5.69 Å². The Morgan fingerprint density at radius 2 is 2.27 bits per heavy atom. The SMILES string of the molecule is Cc1nc2c[c]ccn2c1C. The first-order valence-electron chi connectivity index (χ1n) is 3.60. The van der Waals surface area contributed by atoms with Gasteiger partial charge in [-0.05, 0) is 32.0 Å². The van der Waals surface area contributed by atoms with Crippen molar-refractivity contribution >= 4 is 5.65 Å². The van der Waals surface area contributed by atoms with Crippen molar-refractivity contribution in [2.24, 2.45) is 0 Å². The van der Waals surface area contributed by atoms with Crippen molar-refractivity contribution in [1.82, 2.24) is 9.38 Å². The third kappa shape index (κ3) is 0.827. The second kappa shape index (κ2) is 2.09. The molecule has 0 spiro atoms. The lowest BCUT2D eigenvalue weighted by Crippen LogP contribution is -1.84. The van der Waals surface area contributed by atoms with Crippen molar-refractivity contribution in [2.75, 3.05) is 0 Å². The van der Waals surface area contributed by atoms with Crippen molar-refractivity contribution in [3.63, 3.8) is 0 Å². The monoisotopic (exact) mass is 145 g/mol. The van der Waals surface area contributed by atoms with Crippen molar-refractivity contribution < 1.29 is 0 Å². The highest BCUT2D eigenvalue weighted by atomic mass is 15.0. The summed E-state index contributed by atoms with van der Waals surface area (Å²) in [6.07, 6.45) is 1.98. The van der Waals surface area contributed by atoms with Crippen LogP contribution in [0.1, 0.15) is 11.4 Å². The molecule has 55 valence electrons. The summed E-state index contributed by atoms with van der Waals surface area (Å²) in [4.78, 5) is 4.34. The molecule has 2 aromatic heterocycles. The first-order chi connectivity index (χ1) is 5.29. The fourth-order valence-electron chi connectivity index (χ4n) is 1.18. The molecule has 0 N–H and O–H groups in total. The van der Waals surface area contributed by atoms with Crippen LogP contribution in [0.5, 0.6) is 0 Å². The fourth-order valence-corrected chi connectivity index (χ4v) is 1.18. The smallest absolute Gasteiger partial charge is 0.137 e. The largest absolute Gasteiger partial charge is 0.304 e. The van der Waals surface area contributed by atoms with Crippen molar-refractivity contribution in [1.29, 1.82) is 0 Å². The van der Waals surface area contributed by atoms with Gasteiger partial charge in [0.15, 0.2) is 0 Å². The second-order valence-corrected chi connectivity index (χ2v) is 2.64. The molecule has 0 saturated carbocycles. The lowest BCUT2D eigenvalue weighted by atomic mass is 10.4. The molecule has 2 rings (SSSR count). The zero-order valence-electron chi connectivity index (χ0n) is 6.63. The Balaban J connectivity index is 2.92. The van der Waals surface area contributed by atoms with Crippen molar-refractivity contribution in [3.05, 3.63) is 35.8 Å². The molecule has 0 fully saturated rings. The van der Waals surface area contributed by atoms with Gasteiger partial charge in [-0.1, -0.05) is 0 Å². The average Bonchev–Trinajstić information content (AvgIpc) is 2.30. The number of pyridine rings is 1. The summed E-state index contributed by atoms with van der Waals surface area (Å²) in [5.41, 5.74) is 3.26. The zero-order valence-corrected chi connectivity index (χ0v) is 6.63. The molecule has 2 nitrogen and oxygen atoms in total. The van der Waals surface area contributed by atoms with Gasteiger partial charge in [-0.3, -0.25) is 0 Å². The number of fused-ring (bicyclic) bond motifs is 1. The van der Waals surface area contributed by atoms with Crippen LogP contribution < -0.4 is 0 Å². The Morgan fingerprint density at radius 3 is 3.00 bits per heavy atom. The number of nitrogens with zero attached hydrogens (tertiary/aromatic N) is 2. The van der Waals surface area contributed by atoms with Gasteiger partial charge in [0.25, 0.3) is 0 Å². The van der Waals surface area contributed by atoms with E-state index in [0.717, 1.165) is 11.3 Å². The summed E-state index contributed by atoms with van der Waals surface area (Å²) in [5.74, 6) is 0. The minimum atomic E-state index is 0.975. The molecule has 1 radical (unpaired) electrons. The second-order valence-electron chi connectivity index (χ2n) is 2.64. The minimum absolute atomic E-state index is 0.975. The van der Waals surface area contributed by atoms with Crippen LogP contribution in [-0.2, 0) is 0 Å². The van der Waals surface area contributed by atoms with Gasteiger partial charge in [0.2, 0.25) is 0 Å². The molecule has 0 aliphatic carbocycles. The van der Waals surface area contributed by atoms with Gasteiger partial charge >= 0.3 is 0 Å². The lowest BCUT2D eigenvalue weighted by molar-refractivity contribution is 1.09. The molecule has 2 aromatic rings. The maximum Gasteiger partial charge on any atom is 0.137 e. The number of aryl methyl sites for hydroxylation is 2. The fraction of sp³-hybridized carbons (Fsp3) is 0.222.